The van der Waals surface area contributed by atoms with Gasteiger partial charge in [0.25, 0.3) is 0 Å². The normalized spacial score (nSPS) is 19.5. The smallest absolute Gasteiger partial charge is 0.197 e. The zero-order valence-corrected chi connectivity index (χ0v) is 21.7. The molecule has 0 bridgehead atoms. The van der Waals surface area contributed by atoms with Crippen molar-refractivity contribution in [1.29, 1.82) is 0 Å². The number of aromatic hydroxyl groups is 1. The summed E-state index contributed by atoms with van der Waals surface area (Å²) in [5.74, 6) is -0.752. The monoisotopic (exact) mass is 524 g/mol. The average molecular weight is 525 g/mol. The third-order valence-electron chi connectivity index (χ3n) is 6.60. The van der Waals surface area contributed by atoms with Crippen molar-refractivity contribution >= 4 is 21.2 Å². The number of para-hydroxylation sites is 1. The van der Waals surface area contributed by atoms with Crippen LogP contribution in [0.1, 0.15) is 37.4 Å². The summed E-state index contributed by atoms with van der Waals surface area (Å²) in [6.07, 6.45) is 0.405. The van der Waals surface area contributed by atoms with Gasteiger partial charge in [-0.15, -0.1) is 0 Å². The second-order valence-corrected chi connectivity index (χ2v) is 12.1. The van der Waals surface area contributed by atoms with Crippen LogP contribution in [0.3, 0.4) is 0 Å². The van der Waals surface area contributed by atoms with E-state index in [9.17, 15) is 13.5 Å². The Balaban J connectivity index is 1.66. The molecule has 0 saturated heterocycles. The number of allylic oxidation sites excluding steroid dienone is 1. The molecule has 2 aliphatic heterocycles. The van der Waals surface area contributed by atoms with Gasteiger partial charge >= 0.3 is 0 Å². The van der Waals surface area contributed by atoms with Gasteiger partial charge in [-0.1, -0.05) is 50.2 Å². The van der Waals surface area contributed by atoms with Crippen LogP contribution in [0.2, 0.25) is 0 Å². The number of fused-ring (bicyclic) bond motifs is 1. The van der Waals surface area contributed by atoms with E-state index in [1.165, 1.54) is 19.2 Å². The van der Waals surface area contributed by atoms with Crippen LogP contribution in [0.25, 0.3) is 0 Å². The lowest BCUT2D eigenvalue weighted by Crippen LogP contribution is -2.35. The van der Waals surface area contributed by atoms with Crippen LogP contribution in [0, 0.1) is 11.2 Å². The van der Waals surface area contributed by atoms with E-state index in [1.54, 1.807) is 18.2 Å². The third-order valence-corrected chi connectivity index (χ3v) is 8.91. The topological polar surface area (TPSA) is 96.9 Å². The molecule has 37 heavy (non-hydrogen) atoms. The molecule has 1 atom stereocenters. The van der Waals surface area contributed by atoms with Crippen LogP contribution in [0.4, 0.5) is 15.8 Å². The van der Waals surface area contributed by atoms with E-state index in [1.807, 2.05) is 44.2 Å². The first-order valence-corrected chi connectivity index (χ1v) is 13.6. The number of anilines is 2. The number of phenolic OH excluding ortho intramolecular Hbond substituents is 1. The molecule has 0 fully saturated rings. The summed E-state index contributed by atoms with van der Waals surface area (Å²) in [4.78, 5) is 0.0560. The molecule has 0 amide bonds. The lowest BCUT2D eigenvalue weighted by atomic mass is 9.88. The number of nitrogens with one attached hydrogen (secondary N) is 2. The van der Waals surface area contributed by atoms with Gasteiger partial charge in [-0.25, -0.2) is 12.8 Å². The summed E-state index contributed by atoms with van der Waals surface area (Å²) in [6.45, 7) is 3.85. The molecule has 1 unspecified atom stereocenters. The molecule has 0 aliphatic carbocycles. The van der Waals surface area contributed by atoms with Gasteiger partial charge in [-0.05, 0) is 41.7 Å². The lowest BCUT2D eigenvalue weighted by molar-refractivity contribution is 0.268. The van der Waals surface area contributed by atoms with Crippen molar-refractivity contribution < 1.29 is 27.4 Å². The number of hydrogen-bond donors (Lipinski definition) is 3. The predicted octanol–water partition coefficient (Wildman–Crippen LogP) is 5.75. The molecule has 0 aromatic heterocycles. The molecule has 3 N–H and O–H groups in total. The molecular weight excluding hydrogens is 495 g/mol. The highest BCUT2D eigenvalue weighted by Gasteiger charge is 2.44. The fraction of sp³-hybridized carbons (Fsp3) is 0.286. The molecule has 2 heterocycles. The Hall–Kier alpha value is -3.72. The summed E-state index contributed by atoms with van der Waals surface area (Å²) < 4.78 is 54.8. The van der Waals surface area contributed by atoms with E-state index in [-0.39, 0.29) is 40.1 Å². The molecule has 0 radical (unpaired) electrons. The lowest BCUT2D eigenvalue weighted by Gasteiger charge is -2.35. The minimum absolute atomic E-state index is 0.0413. The molecule has 0 spiro atoms. The molecular formula is C28H29FN2O5S. The summed E-state index contributed by atoms with van der Waals surface area (Å²) in [5, 5.41) is 16.9. The van der Waals surface area contributed by atoms with Gasteiger partial charge in [0.05, 0.1) is 29.5 Å². The Morgan fingerprint density at radius 1 is 1.08 bits per heavy atom. The highest BCUT2D eigenvalue weighted by molar-refractivity contribution is 7.95. The van der Waals surface area contributed by atoms with Gasteiger partial charge in [0, 0.05) is 11.3 Å². The minimum atomic E-state index is -3.81. The maximum atomic E-state index is 16.2. The molecule has 3 aromatic carbocycles. The Morgan fingerprint density at radius 3 is 2.57 bits per heavy atom. The number of halogens is 1. The first-order chi connectivity index (χ1) is 17.6. The first kappa shape index (κ1) is 25.0. The quantitative estimate of drug-likeness (QED) is 0.366. The molecule has 5 rings (SSSR count). The maximum Gasteiger partial charge on any atom is 0.197 e. The highest BCUT2D eigenvalue weighted by atomic mass is 32.2. The van der Waals surface area contributed by atoms with Crippen LogP contribution in [0.5, 0.6) is 17.2 Å². The molecule has 3 aromatic rings. The van der Waals surface area contributed by atoms with Crippen LogP contribution in [0.15, 0.2) is 71.3 Å². The summed E-state index contributed by atoms with van der Waals surface area (Å²) >= 11 is 0. The summed E-state index contributed by atoms with van der Waals surface area (Å²) in [7, 11) is -2.39. The SMILES string of the molecule is COc1ccc(C2Nc3cccc(O)c3NC3=C2S(=O)(=O)CC(C)(C)C3)c(F)c1OCc1ccccc1. The van der Waals surface area contributed by atoms with Crippen molar-refractivity contribution in [3.63, 3.8) is 0 Å². The molecule has 0 saturated carbocycles. The molecule has 9 heteroatoms. The van der Waals surface area contributed by atoms with Gasteiger partial charge in [-0.3, -0.25) is 0 Å². The van der Waals surface area contributed by atoms with E-state index < -0.39 is 27.1 Å². The second-order valence-electron chi connectivity index (χ2n) is 10.1. The number of hydrogen-bond acceptors (Lipinski definition) is 7. The largest absolute Gasteiger partial charge is 0.506 e. The number of benzene rings is 3. The van der Waals surface area contributed by atoms with Gasteiger partial charge < -0.3 is 25.2 Å². The third kappa shape index (κ3) is 4.71. The molecule has 194 valence electrons. The molecule has 2 aliphatic rings. The van der Waals surface area contributed by atoms with Gasteiger partial charge in [0.2, 0.25) is 0 Å². The minimum Gasteiger partial charge on any atom is -0.506 e. The zero-order valence-electron chi connectivity index (χ0n) is 20.8. The van der Waals surface area contributed by atoms with Crippen molar-refractivity contribution in [2.24, 2.45) is 5.41 Å². The fourth-order valence-electron chi connectivity index (χ4n) is 5.04. The van der Waals surface area contributed by atoms with Gasteiger partial charge in [0.1, 0.15) is 18.0 Å². The van der Waals surface area contributed by atoms with E-state index in [2.05, 4.69) is 10.6 Å². The number of phenols is 1. The van der Waals surface area contributed by atoms with Crippen LogP contribution in [-0.2, 0) is 16.4 Å². The van der Waals surface area contributed by atoms with Gasteiger partial charge in [-0.2, -0.15) is 0 Å². The predicted molar refractivity (Wildman–Crippen MR) is 141 cm³/mol. The average Bonchev–Trinajstić information content (AvgIpc) is 3.00. The Morgan fingerprint density at radius 2 is 1.84 bits per heavy atom. The molecule has 7 nitrogen and oxygen atoms in total. The van der Waals surface area contributed by atoms with Crippen molar-refractivity contribution in [3.8, 4) is 17.2 Å². The Labute approximate surface area is 215 Å². The number of sulfone groups is 1. The number of ether oxygens (including phenoxy) is 2. The van der Waals surface area contributed by atoms with E-state index >= 15 is 4.39 Å². The number of methoxy groups -OCH3 is 1. The van der Waals surface area contributed by atoms with Crippen molar-refractivity contribution in [2.45, 2.75) is 32.9 Å². The maximum absolute atomic E-state index is 16.2. The van der Waals surface area contributed by atoms with Crippen molar-refractivity contribution in [2.75, 3.05) is 23.5 Å². The standard InChI is InChI=1S/C28H29FN2O5S/c1-28(2)14-20-27(37(33,34)16-28)24(30-19-10-7-11-21(32)25(19)31-20)18-12-13-22(35-3)26(23(18)29)36-15-17-8-5-4-6-9-17/h4-13,24,30-32H,14-16H2,1-3H3. The van der Waals surface area contributed by atoms with E-state index in [0.29, 0.717) is 23.5 Å². The number of rotatable bonds is 5. The highest BCUT2D eigenvalue weighted by Crippen LogP contribution is 2.49. The van der Waals surface area contributed by atoms with Crippen molar-refractivity contribution in [3.05, 3.63) is 88.2 Å². The van der Waals surface area contributed by atoms with Crippen LogP contribution >= 0.6 is 0 Å². The first-order valence-electron chi connectivity index (χ1n) is 11.9. The van der Waals surface area contributed by atoms with Crippen molar-refractivity contribution in [1.82, 2.24) is 0 Å². The Kier molecular flexibility index (Phi) is 6.27. The summed E-state index contributed by atoms with van der Waals surface area (Å²) in [5.41, 5.74) is 1.62. The fourth-order valence-corrected chi connectivity index (χ4v) is 7.37. The Bertz CT molecular complexity index is 1490. The second kappa shape index (κ2) is 9.30. The van der Waals surface area contributed by atoms with E-state index in [4.69, 9.17) is 9.47 Å². The van der Waals surface area contributed by atoms with E-state index in [0.717, 1.165) is 5.56 Å². The zero-order chi connectivity index (χ0) is 26.4. The van der Waals surface area contributed by atoms with Gasteiger partial charge in [0.15, 0.2) is 27.2 Å². The van der Waals surface area contributed by atoms with Crippen LogP contribution < -0.4 is 20.1 Å². The van der Waals surface area contributed by atoms with Crippen LogP contribution in [-0.4, -0.2) is 26.4 Å². The summed E-state index contributed by atoms with van der Waals surface area (Å²) in [6, 6.07) is 16.2.